The van der Waals surface area contributed by atoms with E-state index in [1.54, 1.807) is 24.3 Å². The molecule has 2 amide bonds. The van der Waals surface area contributed by atoms with Crippen molar-refractivity contribution in [1.29, 1.82) is 0 Å². The molecule has 1 fully saturated rings. The van der Waals surface area contributed by atoms with E-state index in [2.05, 4.69) is 10.2 Å². The third kappa shape index (κ3) is 4.81. The number of carbonyl (C=O) groups is 2. The van der Waals surface area contributed by atoms with Crippen LogP contribution in [0.1, 0.15) is 24.4 Å². The maximum atomic E-state index is 12.9. The van der Waals surface area contributed by atoms with Crippen LogP contribution in [-0.2, 0) is 4.79 Å². The Balaban J connectivity index is 1.45. The molecule has 1 aliphatic heterocycles. The van der Waals surface area contributed by atoms with Crippen LogP contribution < -0.4 is 10.2 Å². The van der Waals surface area contributed by atoms with Crippen molar-refractivity contribution in [3.63, 3.8) is 0 Å². The fourth-order valence-corrected chi connectivity index (χ4v) is 3.93. The second-order valence-corrected chi connectivity index (χ2v) is 8.55. The first-order valence-corrected chi connectivity index (χ1v) is 11.1. The molecule has 32 heavy (non-hydrogen) atoms. The van der Waals surface area contributed by atoms with E-state index in [0.29, 0.717) is 42.6 Å². The molecule has 1 N–H and O–H groups in total. The summed E-state index contributed by atoms with van der Waals surface area (Å²) in [6.07, 6.45) is 0. The number of rotatable bonds is 5. The molecule has 0 radical (unpaired) electrons. The first-order chi connectivity index (χ1) is 15.4. The molecule has 2 heterocycles. The molecule has 1 aromatic heterocycles. The molecule has 2 aromatic carbocycles. The van der Waals surface area contributed by atoms with Crippen LogP contribution >= 0.6 is 11.6 Å². The molecular formula is C25H26ClN3O3. The smallest absolute Gasteiger partial charge is 0.291 e. The Kier molecular flexibility index (Phi) is 6.51. The number of anilines is 2. The van der Waals surface area contributed by atoms with Crippen LogP contribution in [0.15, 0.2) is 65.1 Å². The Morgan fingerprint density at radius 1 is 0.938 bits per heavy atom. The Morgan fingerprint density at radius 3 is 2.31 bits per heavy atom. The third-order valence-corrected chi connectivity index (χ3v) is 5.79. The normalized spacial score (nSPS) is 14.0. The highest BCUT2D eigenvalue weighted by atomic mass is 35.5. The van der Waals surface area contributed by atoms with Crippen LogP contribution in [0.2, 0.25) is 5.02 Å². The number of furan rings is 1. The van der Waals surface area contributed by atoms with Gasteiger partial charge in [-0.3, -0.25) is 9.59 Å². The number of amides is 2. The molecule has 3 aromatic rings. The summed E-state index contributed by atoms with van der Waals surface area (Å²) >= 11 is 5.94. The van der Waals surface area contributed by atoms with E-state index in [1.165, 1.54) is 0 Å². The van der Waals surface area contributed by atoms with E-state index in [9.17, 15) is 9.59 Å². The molecule has 0 bridgehead atoms. The number of benzene rings is 2. The minimum Gasteiger partial charge on any atom is -0.451 e. The minimum absolute atomic E-state index is 0.000756. The average molecular weight is 452 g/mol. The number of hydrogen-bond donors (Lipinski definition) is 1. The van der Waals surface area contributed by atoms with Crippen molar-refractivity contribution >= 4 is 34.8 Å². The van der Waals surface area contributed by atoms with Gasteiger partial charge in [0.05, 0.1) is 11.4 Å². The highest BCUT2D eigenvalue weighted by Crippen LogP contribution is 2.29. The van der Waals surface area contributed by atoms with Crippen molar-refractivity contribution in [3.8, 4) is 11.3 Å². The lowest BCUT2D eigenvalue weighted by Gasteiger charge is -2.37. The molecule has 166 valence electrons. The molecule has 0 spiro atoms. The van der Waals surface area contributed by atoms with Crippen molar-refractivity contribution in [2.24, 2.45) is 5.92 Å². The number of nitrogens with zero attached hydrogens (tertiary/aromatic N) is 2. The first kappa shape index (κ1) is 22.0. The Morgan fingerprint density at radius 2 is 1.62 bits per heavy atom. The molecule has 1 saturated heterocycles. The highest BCUT2D eigenvalue weighted by molar-refractivity contribution is 6.30. The van der Waals surface area contributed by atoms with E-state index in [0.717, 1.165) is 11.3 Å². The van der Waals surface area contributed by atoms with Crippen molar-refractivity contribution in [3.05, 3.63) is 71.4 Å². The summed E-state index contributed by atoms with van der Waals surface area (Å²) in [4.78, 5) is 29.2. The second kappa shape index (κ2) is 9.49. The summed E-state index contributed by atoms with van der Waals surface area (Å²) in [5.41, 5.74) is 2.50. The molecule has 0 unspecified atom stereocenters. The monoisotopic (exact) mass is 451 g/mol. The van der Waals surface area contributed by atoms with Crippen LogP contribution in [0.25, 0.3) is 11.3 Å². The lowest BCUT2D eigenvalue weighted by molar-refractivity contribution is -0.134. The van der Waals surface area contributed by atoms with Gasteiger partial charge in [0.25, 0.3) is 5.91 Å². The molecule has 0 aliphatic carbocycles. The lowest BCUT2D eigenvalue weighted by Crippen LogP contribution is -2.50. The third-order valence-electron chi connectivity index (χ3n) is 5.54. The van der Waals surface area contributed by atoms with Crippen molar-refractivity contribution in [1.82, 2.24) is 4.90 Å². The maximum Gasteiger partial charge on any atom is 0.291 e. The van der Waals surface area contributed by atoms with Gasteiger partial charge in [0.15, 0.2) is 5.76 Å². The van der Waals surface area contributed by atoms with E-state index in [1.807, 2.05) is 55.1 Å². The predicted molar refractivity (Wildman–Crippen MR) is 127 cm³/mol. The van der Waals surface area contributed by atoms with Gasteiger partial charge in [-0.1, -0.05) is 37.6 Å². The topological polar surface area (TPSA) is 65.8 Å². The van der Waals surface area contributed by atoms with Gasteiger partial charge in [0.1, 0.15) is 5.76 Å². The quantitative estimate of drug-likeness (QED) is 0.582. The predicted octanol–water partition coefficient (Wildman–Crippen LogP) is 5.16. The average Bonchev–Trinajstić information content (AvgIpc) is 3.30. The summed E-state index contributed by atoms with van der Waals surface area (Å²) in [7, 11) is 0. The molecule has 1 aliphatic rings. The molecule has 0 atom stereocenters. The SMILES string of the molecule is CC(C)C(=O)N1CCN(c2ccccc2NC(=O)c2ccc(-c3ccc(Cl)cc3)o2)CC1. The van der Waals surface area contributed by atoms with Crippen LogP contribution in [0, 0.1) is 5.92 Å². The Labute approximate surface area is 192 Å². The number of halogens is 1. The summed E-state index contributed by atoms with van der Waals surface area (Å²) < 4.78 is 5.78. The van der Waals surface area contributed by atoms with Gasteiger partial charge in [-0.2, -0.15) is 0 Å². The van der Waals surface area contributed by atoms with Gasteiger partial charge in [-0.15, -0.1) is 0 Å². The van der Waals surface area contributed by atoms with Gasteiger partial charge in [-0.05, 0) is 48.5 Å². The molecular weight excluding hydrogens is 426 g/mol. The van der Waals surface area contributed by atoms with Gasteiger partial charge < -0.3 is 19.5 Å². The molecule has 6 nitrogen and oxygen atoms in total. The molecule has 7 heteroatoms. The number of nitrogens with one attached hydrogen (secondary N) is 1. The summed E-state index contributed by atoms with van der Waals surface area (Å²) in [5.74, 6) is 0.703. The van der Waals surface area contributed by atoms with E-state index >= 15 is 0 Å². The van der Waals surface area contributed by atoms with Crippen LogP contribution in [0.3, 0.4) is 0 Å². The fourth-order valence-electron chi connectivity index (χ4n) is 3.80. The lowest BCUT2D eigenvalue weighted by atomic mass is 10.1. The van der Waals surface area contributed by atoms with E-state index in [-0.39, 0.29) is 23.5 Å². The first-order valence-electron chi connectivity index (χ1n) is 10.7. The summed E-state index contributed by atoms with van der Waals surface area (Å²) in [6.45, 7) is 6.61. The summed E-state index contributed by atoms with van der Waals surface area (Å²) in [6, 6.07) is 18.4. The zero-order valence-electron chi connectivity index (χ0n) is 18.2. The molecule has 4 rings (SSSR count). The van der Waals surface area contributed by atoms with Crippen molar-refractivity contribution in [2.75, 3.05) is 36.4 Å². The van der Waals surface area contributed by atoms with Crippen molar-refractivity contribution in [2.45, 2.75) is 13.8 Å². The fraction of sp³-hybridized carbons (Fsp3) is 0.280. The standard InChI is InChI=1S/C25H26ClN3O3/c1-17(2)25(31)29-15-13-28(14-16-29)21-6-4-3-5-20(21)27-24(30)23-12-11-22(32-23)18-7-9-19(26)10-8-18/h3-12,17H,13-16H2,1-2H3,(H,27,30). The van der Waals surface area contributed by atoms with Gasteiger partial charge in [0, 0.05) is 42.7 Å². The number of carbonyl (C=O) groups excluding carboxylic acids is 2. The molecule has 0 saturated carbocycles. The van der Waals surface area contributed by atoms with Crippen LogP contribution in [0.5, 0.6) is 0 Å². The number of piperazine rings is 1. The zero-order valence-corrected chi connectivity index (χ0v) is 18.9. The van der Waals surface area contributed by atoms with Gasteiger partial charge >= 0.3 is 0 Å². The van der Waals surface area contributed by atoms with Crippen LogP contribution in [-0.4, -0.2) is 42.9 Å². The Bertz CT molecular complexity index is 1100. The minimum atomic E-state index is -0.314. The summed E-state index contributed by atoms with van der Waals surface area (Å²) in [5, 5.41) is 3.62. The number of hydrogen-bond acceptors (Lipinski definition) is 4. The van der Waals surface area contributed by atoms with Gasteiger partial charge in [0.2, 0.25) is 5.91 Å². The second-order valence-electron chi connectivity index (χ2n) is 8.11. The van der Waals surface area contributed by atoms with Crippen LogP contribution in [0.4, 0.5) is 11.4 Å². The van der Waals surface area contributed by atoms with Crippen molar-refractivity contribution < 1.29 is 14.0 Å². The van der Waals surface area contributed by atoms with E-state index < -0.39 is 0 Å². The largest absolute Gasteiger partial charge is 0.451 e. The van der Waals surface area contributed by atoms with Gasteiger partial charge in [-0.25, -0.2) is 0 Å². The number of para-hydroxylation sites is 2. The van der Waals surface area contributed by atoms with E-state index in [4.69, 9.17) is 16.0 Å². The zero-order chi connectivity index (χ0) is 22.7. The highest BCUT2D eigenvalue weighted by Gasteiger charge is 2.24. The maximum absolute atomic E-state index is 12.9. The Hall–Kier alpha value is -3.25.